The molecule has 0 unspecified atom stereocenters. The monoisotopic (exact) mass is 428 g/mol. The Hall–Kier alpha value is -3.22. The maximum atomic E-state index is 13.7. The fraction of sp³-hybridized carbons (Fsp3) is 0. The van der Waals surface area contributed by atoms with Crippen molar-refractivity contribution in [2.24, 2.45) is 0 Å². The first kappa shape index (κ1) is 19.1. The Balaban J connectivity index is 1.62. The Morgan fingerprint density at radius 3 is 2.17 bits per heavy atom. The zero-order valence-corrected chi connectivity index (χ0v) is 16.1. The van der Waals surface area contributed by atoms with Gasteiger partial charge in [0.2, 0.25) is 0 Å². The van der Waals surface area contributed by atoms with Gasteiger partial charge in [0.15, 0.2) is 0 Å². The molecule has 1 N–H and O–H groups in total. The second-order valence-corrected chi connectivity index (χ2v) is 7.06. The zero-order valence-electron chi connectivity index (χ0n) is 14.6. The maximum Gasteiger partial charge on any atom is 0.266 e. The highest BCUT2D eigenvalue weighted by Gasteiger charge is 2.36. The molecule has 1 aliphatic rings. The van der Waals surface area contributed by atoms with Crippen LogP contribution in [0.25, 0.3) is 0 Å². The Morgan fingerprint density at radius 2 is 1.52 bits per heavy atom. The smallest absolute Gasteiger partial charge is 0.266 e. The van der Waals surface area contributed by atoms with E-state index in [1.165, 1.54) is 6.07 Å². The van der Waals surface area contributed by atoms with E-state index in [2.05, 4.69) is 5.32 Å². The van der Waals surface area contributed by atoms with Gasteiger partial charge in [-0.3, -0.25) is 14.4 Å². The molecule has 0 atom stereocenters. The predicted octanol–water partition coefficient (Wildman–Crippen LogP) is 5.19. The predicted molar refractivity (Wildman–Crippen MR) is 108 cm³/mol. The molecule has 29 heavy (non-hydrogen) atoms. The van der Waals surface area contributed by atoms with Gasteiger partial charge in [-0.2, -0.15) is 0 Å². The van der Waals surface area contributed by atoms with Gasteiger partial charge in [-0.25, -0.2) is 9.29 Å². The molecule has 0 aromatic heterocycles. The first-order valence-corrected chi connectivity index (χ1v) is 9.16. The Kier molecular flexibility index (Phi) is 4.82. The molecule has 0 radical (unpaired) electrons. The normalized spacial score (nSPS) is 12.9. The SMILES string of the molecule is O=C(Nc1cccc(N2C(=O)c3ccccc3C2=O)c1)c1cc(F)c(Cl)cc1Cl. The van der Waals surface area contributed by atoms with E-state index in [0.29, 0.717) is 22.5 Å². The number of nitrogens with one attached hydrogen (secondary N) is 1. The van der Waals surface area contributed by atoms with Crippen LogP contribution in [0.15, 0.2) is 60.7 Å². The third kappa shape index (κ3) is 3.37. The summed E-state index contributed by atoms with van der Waals surface area (Å²) in [5.41, 5.74) is 1.13. The number of carbonyl (C=O) groups excluding carboxylic acids is 3. The summed E-state index contributed by atoms with van der Waals surface area (Å²) >= 11 is 11.6. The number of hydrogen-bond acceptors (Lipinski definition) is 3. The number of imide groups is 1. The number of carbonyl (C=O) groups is 3. The van der Waals surface area contributed by atoms with E-state index < -0.39 is 23.5 Å². The topological polar surface area (TPSA) is 66.5 Å². The Bertz CT molecular complexity index is 1160. The van der Waals surface area contributed by atoms with Crippen molar-refractivity contribution in [3.05, 3.63) is 93.2 Å². The summed E-state index contributed by atoms with van der Waals surface area (Å²) < 4.78 is 13.7. The van der Waals surface area contributed by atoms with Gasteiger partial charge in [0, 0.05) is 5.69 Å². The van der Waals surface area contributed by atoms with E-state index in [9.17, 15) is 18.8 Å². The largest absolute Gasteiger partial charge is 0.322 e. The molecular weight excluding hydrogens is 418 g/mol. The lowest BCUT2D eigenvalue weighted by atomic mass is 10.1. The van der Waals surface area contributed by atoms with Crippen LogP contribution < -0.4 is 10.2 Å². The molecule has 0 spiro atoms. The van der Waals surface area contributed by atoms with Crippen molar-refractivity contribution in [2.75, 3.05) is 10.2 Å². The standard InChI is InChI=1S/C21H11Cl2FN2O3/c22-16-10-17(23)18(24)9-15(16)19(27)25-11-4-3-5-12(8-11)26-20(28)13-6-1-2-7-14(13)21(26)29/h1-10H,(H,25,27). The van der Waals surface area contributed by atoms with Crippen LogP contribution in [0.1, 0.15) is 31.1 Å². The van der Waals surface area contributed by atoms with Crippen molar-refractivity contribution in [1.82, 2.24) is 0 Å². The number of hydrogen-bond donors (Lipinski definition) is 1. The minimum absolute atomic E-state index is 0.00889. The van der Waals surface area contributed by atoms with Crippen LogP contribution in [0, 0.1) is 5.82 Å². The van der Waals surface area contributed by atoms with Crippen molar-refractivity contribution in [3.8, 4) is 0 Å². The van der Waals surface area contributed by atoms with Crippen molar-refractivity contribution in [1.29, 1.82) is 0 Å². The van der Waals surface area contributed by atoms with Gasteiger partial charge in [0.05, 0.1) is 32.4 Å². The molecule has 3 aromatic rings. The van der Waals surface area contributed by atoms with Crippen molar-refractivity contribution in [3.63, 3.8) is 0 Å². The number of amides is 3. The van der Waals surface area contributed by atoms with E-state index in [0.717, 1.165) is 17.0 Å². The molecular formula is C21H11Cl2FN2O3. The van der Waals surface area contributed by atoms with E-state index in [1.807, 2.05) is 0 Å². The summed E-state index contributed by atoms with van der Waals surface area (Å²) in [4.78, 5) is 38.8. The van der Waals surface area contributed by atoms with Gasteiger partial charge in [0.25, 0.3) is 17.7 Å². The Morgan fingerprint density at radius 1 is 0.862 bits per heavy atom. The average molecular weight is 429 g/mol. The van der Waals surface area contributed by atoms with Crippen LogP contribution in [0.3, 0.4) is 0 Å². The zero-order chi connectivity index (χ0) is 20.7. The lowest BCUT2D eigenvalue weighted by molar-refractivity contribution is 0.0925. The second-order valence-electron chi connectivity index (χ2n) is 6.24. The van der Waals surface area contributed by atoms with E-state index in [1.54, 1.807) is 42.5 Å². The number of nitrogens with zero attached hydrogens (tertiary/aromatic N) is 1. The quantitative estimate of drug-likeness (QED) is 0.461. The van der Waals surface area contributed by atoms with Crippen LogP contribution in [-0.4, -0.2) is 17.7 Å². The van der Waals surface area contributed by atoms with Crippen LogP contribution in [0.2, 0.25) is 10.0 Å². The van der Waals surface area contributed by atoms with Gasteiger partial charge < -0.3 is 5.32 Å². The minimum Gasteiger partial charge on any atom is -0.322 e. The van der Waals surface area contributed by atoms with Crippen molar-refractivity contribution >= 4 is 52.3 Å². The number of halogens is 3. The van der Waals surface area contributed by atoms with Gasteiger partial charge in [-0.05, 0) is 42.5 Å². The number of benzene rings is 3. The third-order valence-electron chi connectivity index (χ3n) is 4.41. The van der Waals surface area contributed by atoms with Gasteiger partial charge in [-0.1, -0.05) is 41.4 Å². The van der Waals surface area contributed by atoms with Crippen molar-refractivity contribution in [2.45, 2.75) is 0 Å². The fourth-order valence-electron chi connectivity index (χ4n) is 3.04. The van der Waals surface area contributed by atoms with E-state index in [4.69, 9.17) is 23.2 Å². The number of anilines is 2. The van der Waals surface area contributed by atoms with Crippen LogP contribution in [0.4, 0.5) is 15.8 Å². The fourth-order valence-corrected chi connectivity index (χ4v) is 3.51. The summed E-state index contributed by atoms with van der Waals surface area (Å²) in [6.07, 6.45) is 0. The van der Waals surface area contributed by atoms with E-state index in [-0.39, 0.29) is 15.6 Å². The molecule has 0 aliphatic carbocycles. The number of fused-ring (bicyclic) bond motifs is 1. The molecule has 3 amide bonds. The van der Waals surface area contributed by atoms with Gasteiger partial charge in [0.1, 0.15) is 5.82 Å². The average Bonchev–Trinajstić information content (AvgIpc) is 2.95. The van der Waals surface area contributed by atoms with Gasteiger partial charge in [-0.15, -0.1) is 0 Å². The molecule has 8 heteroatoms. The highest BCUT2D eigenvalue weighted by Crippen LogP contribution is 2.30. The summed E-state index contributed by atoms with van der Waals surface area (Å²) in [5.74, 6) is -2.33. The summed E-state index contributed by atoms with van der Waals surface area (Å²) in [6.45, 7) is 0. The molecule has 1 aliphatic heterocycles. The maximum absolute atomic E-state index is 13.7. The lowest BCUT2D eigenvalue weighted by Gasteiger charge is -2.15. The molecule has 1 heterocycles. The second kappa shape index (κ2) is 7.31. The van der Waals surface area contributed by atoms with E-state index >= 15 is 0 Å². The molecule has 0 saturated heterocycles. The third-order valence-corrected chi connectivity index (χ3v) is 5.01. The first-order valence-electron chi connectivity index (χ1n) is 8.40. The highest BCUT2D eigenvalue weighted by molar-refractivity contribution is 6.37. The molecule has 5 nitrogen and oxygen atoms in total. The summed E-state index contributed by atoms with van der Waals surface area (Å²) in [6, 6.07) is 14.8. The molecule has 0 saturated carbocycles. The van der Waals surface area contributed by atoms with Gasteiger partial charge >= 0.3 is 0 Å². The molecule has 0 bridgehead atoms. The molecule has 3 aromatic carbocycles. The first-order chi connectivity index (χ1) is 13.9. The lowest BCUT2D eigenvalue weighted by Crippen LogP contribution is -2.29. The van der Waals surface area contributed by atoms with Crippen molar-refractivity contribution < 1.29 is 18.8 Å². The highest BCUT2D eigenvalue weighted by atomic mass is 35.5. The summed E-state index contributed by atoms with van der Waals surface area (Å²) in [5, 5.41) is 2.37. The Labute approximate surface area is 174 Å². The molecule has 4 rings (SSSR count). The number of rotatable bonds is 3. The molecule has 0 fully saturated rings. The summed E-state index contributed by atoms with van der Waals surface area (Å²) in [7, 11) is 0. The molecule has 144 valence electrons. The van der Waals surface area contributed by atoms with Crippen LogP contribution in [0.5, 0.6) is 0 Å². The van der Waals surface area contributed by atoms with Crippen LogP contribution in [-0.2, 0) is 0 Å². The minimum atomic E-state index is -0.777. The van der Waals surface area contributed by atoms with Crippen LogP contribution >= 0.6 is 23.2 Å².